The number of aromatic nitrogens is 1. The normalized spacial score (nSPS) is 18.5. The number of benzene rings is 1. The highest BCUT2D eigenvalue weighted by Gasteiger charge is 2.29. The summed E-state index contributed by atoms with van der Waals surface area (Å²) in [6, 6.07) is 8.31. The van der Waals surface area contributed by atoms with Gasteiger partial charge >= 0.3 is 5.97 Å². The first-order valence-electron chi connectivity index (χ1n) is 9.59. The van der Waals surface area contributed by atoms with Gasteiger partial charge in [0.15, 0.2) is 0 Å². The zero-order valence-electron chi connectivity index (χ0n) is 15.6. The summed E-state index contributed by atoms with van der Waals surface area (Å²) < 4.78 is 2.09. The van der Waals surface area contributed by atoms with E-state index in [9.17, 15) is 9.90 Å². The first-order chi connectivity index (χ1) is 12.0. The van der Waals surface area contributed by atoms with E-state index in [1.807, 2.05) is 13.0 Å². The van der Waals surface area contributed by atoms with Gasteiger partial charge in [-0.25, -0.2) is 4.79 Å². The molecular weight excluding hydrogens is 312 g/mol. The molecule has 0 saturated heterocycles. The third kappa shape index (κ3) is 3.59. The minimum absolute atomic E-state index is 0.473. The molecule has 3 rings (SSSR count). The van der Waals surface area contributed by atoms with Crippen molar-refractivity contribution in [2.24, 2.45) is 5.92 Å². The lowest BCUT2D eigenvalue weighted by Crippen LogP contribution is -2.36. The topological polar surface area (TPSA) is 54.3 Å². The van der Waals surface area contributed by atoms with Crippen molar-refractivity contribution in [1.82, 2.24) is 9.88 Å². The molecule has 25 heavy (non-hydrogen) atoms. The van der Waals surface area contributed by atoms with Crippen molar-refractivity contribution >= 4 is 16.9 Å². The van der Waals surface area contributed by atoms with E-state index < -0.39 is 12.0 Å². The van der Waals surface area contributed by atoms with Crippen LogP contribution in [0, 0.1) is 5.92 Å². The number of hydrogen-bond acceptors (Lipinski definition) is 2. The molecule has 1 aromatic heterocycles. The van der Waals surface area contributed by atoms with E-state index in [1.54, 1.807) is 0 Å². The van der Waals surface area contributed by atoms with Gasteiger partial charge in [-0.2, -0.15) is 0 Å². The number of carboxylic acids is 1. The third-order valence-corrected chi connectivity index (χ3v) is 5.45. The average Bonchev–Trinajstić information content (AvgIpc) is 2.89. The summed E-state index contributed by atoms with van der Waals surface area (Å²) in [6.45, 7) is 7.53. The van der Waals surface area contributed by atoms with Crippen LogP contribution in [0.5, 0.6) is 0 Å². The van der Waals surface area contributed by atoms with Gasteiger partial charge in [0.25, 0.3) is 0 Å². The molecule has 1 aliphatic rings. The van der Waals surface area contributed by atoms with Gasteiger partial charge in [-0.1, -0.05) is 39.0 Å². The Kier molecular flexibility index (Phi) is 5.48. The van der Waals surface area contributed by atoms with Crippen molar-refractivity contribution in [2.75, 3.05) is 6.54 Å². The zero-order chi connectivity index (χ0) is 18.0. The molecular formula is C21H30N2O2. The van der Waals surface area contributed by atoms with Gasteiger partial charge in [-0.3, -0.25) is 0 Å². The maximum atomic E-state index is 11.8. The Balaban J connectivity index is 1.94. The Morgan fingerprint density at radius 3 is 2.80 bits per heavy atom. The zero-order valence-corrected chi connectivity index (χ0v) is 15.6. The summed E-state index contributed by atoms with van der Waals surface area (Å²) >= 11 is 0. The summed E-state index contributed by atoms with van der Waals surface area (Å²) in [7, 11) is 0. The average molecular weight is 342 g/mol. The maximum absolute atomic E-state index is 11.8. The van der Waals surface area contributed by atoms with Crippen LogP contribution in [0.3, 0.4) is 0 Å². The fourth-order valence-electron chi connectivity index (χ4n) is 4.12. The van der Waals surface area contributed by atoms with Crippen LogP contribution >= 0.6 is 0 Å². The maximum Gasteiger partial charge on any atom is 0.326 e. The fourth-order valence-corrected chi connectivity index (χ4v) is 4.12. The van der Waals surface area contributed by atoms with Gasteiger partial charge in [-0.05, 0) is 56.2 Å². The lowest BCUT2D eigenvalue weighted by molar-refractivity contribution is -0.140. The van der Waals surface area contributed by atoms with E-state index in [-0.39, 0.29) is 0 Å². The van der Waals surface area contributed by atoms with E-state index in [0.29, 0.717) is 12.5 Å². The minimum atomic E-state index is -0.733. The first kappa shape index (κ1) is 18.0. The highest BCUT2D eigenvalue weighted by Crippen LogP contribution is 2.35. The molecule has 1 unspecified atom stereocenters. The third-order valence-electron chi connectivity index (χ3n) is 5.45. The number of nitrogens with one attached hydrogen (secondary N) is 1. The molecule has 4 heteroatoms. The summed E-state index contributed by atoms with van der Waals surface area (Å²) in [5.74, 6) is -0.0160. The van der Waals surface area contributed by atoms with Crippen LogP contribution in [0.2, 0.25) is 0 Å². The number of carboxylic acid groups (broad SMARTS) is 1. The summed E-state index contributed by atoms with van der Waals surface area (Å²) in [6.07, 6.45) is 4.83. The molecule has 0 fully saturated rings. The summed E-state index contributed by atoms with van der Waals surface area (Å²) in [4.78, 5) is 11.8. The Labute approximate surface area is 150 Å². The number of aliphatic carboxylic acids is 1. The monoisotopic (exact) mass is 342 g/mol. The molecule has 1 aliphatic carbocycles. The number of nitrogens with zero attached hydrogens (tertiary/aromatic N) is 1. The van der Waals surface area contributed by atoms with Crippen molar-refractivity contribution in [3.05, 3.63) is 35.5 Å². The van der Waals surface area contributed by atoms with Gasteiger partial charge in [0.05, 0.1) is 0 Å². The van der Waals surface area contributed by atoms with Crippen molar-refractivity contribution < 1.29 is 9.90 Å². The smallest absolute Gasteiger partial charge is 0.326 e. The second-order valence-corrected chi connectivity index (χ2v) is 7.65. The van der Waals surface area contributed by atoms with E-state index >= 15 is 0 Å². The quantitative estimate of drug-likeness (QED) is 0.794. The SMILES string of the molecule is CCC(C(=O)O)n1c2c(c3ccccc31)C[C@@H](NCCC(C)C)CC2. The van der Waals surface area contributed by atoms with Crippen LogP contribution in [0.4, 0.5) is 0 Å². The molecule has 136 valence electrons. The molecule has 0 aliphatic heterocycles. The highest BCUT2D eigenvalue weighted by atomic mass is 16.4. The molecule has 1 heterocycles. The highest BCUT2D eigenvalue weighted by molar-refractivity contribution is 5.88. The van der Waals surface area contributed by atoms with Crippen molar-refractivity contribution in [1.29, 1.82) is 0 Å². The molecule has 0 saturated carbocycles. The summed E-state index contributed by atoms with van der Waals surface area (Å²) in [5.41, 5.74) is 3.66. The number of fused-ring (bicyclic) bond motifs is 3. The Hall–Kier alpha value is -1.81. The van der Waals surface area contributed by atoms with Crippen molar-refractivity contribution in [3.63, 3.8) is 0 Å². The van der Waals surface area contributed by atoms with E-state index in [0.717, 1.165) is 37.2 Å². The van der Waals surface area contributed by atoms with E-state index in [4.69, 9.17) is 0 Å². The standard InChI is InChI=1S/C21H30N2O2/c1-4-18(21(24)25)23-19-8-6-5-7-16(19)17-13-15(9-10-20(17)23)22-12-11-14(2)3/h5-8,14-15,18,22H,4,9-13H2,1-3H3,(H,24,25)/t15-,18?/m0/s1. The molecule has 2 N–H and O–H groups in total. The molecule has 2 aromatic rings. The lowest BCUT2D eigenvalue weighted by atomic mass is 9.91. The van der Waals surface area contributed by atoms with Gasteiger partial charge in [-0.15, -0.1) is 0 Å². The van der Waals surface area contributed by atoms with Crippen LogP contribution in [-0.2, 0) is 17.6 Å². The largest absolute Gasteiger partial charge is 0.480 e. The number of hydrogen-bond donors (Lipinski definition) is 2. The number of para-hydroxylation sites is 1. The van der Waals surface area contributed by atoms with Gasteiger partial charge in [0, 0.05) is 22.6 Å². The predicted molar refractivity (Wildman–Crippen MR) is 102 cm³/mol. The Morgan fingerprint density at radius 2 is 2.12 bits per heavy atom. The lowest BCUT2D eigenvalue weighted by Gasteiger charge is -2.27. The molecule has 0 amide bonds. The van der Waals surface area contributed by atoms with Gasteiger partial charge < -0.3 is 15.0 Å². The van der Waals surface area contributed by atoms with Gasteiger partial charge in [0.2, 0.25) is 0 Å². The molecule has 2 atom stereocenters. The van der Waals surface area contributed by atoms with Crippen LogP contribution in [0.15, 0.2) is 24.3 Å². The summed E-state index contributed by atoms with van der Waals surface area (Å²) in [5, 5.41) is 14.6. The second-order valence-electron chi connectivity index (χ2n) is 7.65. The molecule has 0 radical (unpaired) electrons. The van der Waals surface area contributed by atoms with Crippen LogP contribution in [0.25, 0.3) is 10.9 Å². The molecule has 4 nitrogen and oxygen atoms in total. The van der Waals surface area contributed by atoms with Crippen LogP contribution < -0.4 is 5.32 Å². The molecule has 0 spiro atoms. The second kappa shape index (κ2) is 7.61. The Bertz CT molecular complexity index is 748. The van der Waals surface area contributed by atoms with Crippen LogP contribution in [-0.4, -0.2) is 28.2 Å². The van der Waals surface area contributed by atoms with E-state index in [1.165, 1.54) is 23.1 Å². The molecule has 0 bridgehead atoms. The minimum Gasteiger partial charge on any atom is -0.480 e. The van der Waals surface area contributed by atoms with Crippen molar-refractivity contribution in [3.8, 4) is 0 Å². The van der Waals surface area contributed by atoms with Crippen LogP contribution in [0.1, 0.15) is 57.3 Å². The predicted octanol–water partition coefficient (Wildman–Crippen LogP) is 4.17. The Morgan fingerprint density at radius 1 is 1.36 bits per heavy atom. The van der Waals surface area contributed by atoms with Crippen molar-refractivity contribution in [2.45, 2.75) is 65.0 Å². The number of rotatable bonds is 7. The first-order valence-corrected chi connectivity index (χ1v) is 9.59. The van der Waals surface area contributed by atoms with E-state index in [2.05, 4.69) is 41.9 Å². The van der Waals surface area contributed by atoms with Gasteiger partial charge in [0.1, 0.15) is 6.04 Å². The fraction of sp³-hybridized carbons (Fsp3) is 0.571. The molecule has 1 aromatic carbocycles. The number of carbonyl (C=O) groups is 1.